The van der Waals surface area contributed by atoms with Gasteiger partial charge in [-0.3, -0.25) is 4.99 Å². The molecule has 2 aliphatic rings. The summed E-state index contributed by atoms with van der Waals surface area (Å²) in [5.74, 6) is 1.91. The highest BCUT2D eigenvalue weighted by atomic mass is 32.2. The zero-order chi connectivity index (χ0) is 12.1. The van der Waals surface area contributed by atoms with Crippen LogP contribution < -0.4 is 5.32 Å². The van der Waals surface area contributed by atoms with Crippen LogP contribution >= 0.6 is 11.8 Å². The maximum atomic E-state index is 5.80. The van der Waals surface area contributed by atoms with Crippen molar-refractivity contribution >= 4 is 16.9 Å². The quantitative estimate of drug-likeness (QED) is 0.785. The maximum absolute atomic E-state index is 5.80. The van der Waals surface area contributed by atoms with Crippen LogP contribution in [0.25, 0.3) is 0 Å². The minimum atomic E-state index is 0.515. The molecule has 0 aromatic rings. The fourth-order valence-electron chi connectivity index (χ4n) is 2.25. The molecule has 1 aliphatic heterocycles. The summed E-state index contributed by atoms with van der Waals surface area (Å²) < 4.78 is 5.80. The van der Waals surface area contributed by atoms with Gasteiger partial charge in [0, 0.05) is 11.8 Å². The van der Waals surface area contributed by atoms with Crippen LogP contribution in [0, 0.1) is 5.92 Å². The SMILES string of the molecule is CC1CSC(=NCCOC2CCCC2)NC1C. The average molecular weight is 256 g/mol. The van der Waals surface area contributed by atoms with Crippen LogP contribution in [0.3, 0.4) is 0 Å². The van der Waals surface area contributed by atoms with Gasteiger partial charge in [-0.1, -0.05) is 31.5 Å². The first-order valence-electron chi connectivity index (χ1n) is 6.81. The lowest BCUT2D eigenvalue weighted by molar-refractivity contribution is 0.0643. The van der Waals surface area contributed by atoms with Crippen LogP contribution in [-0.4, -0.2) is 36.2 Å². The van der Waals surface area contributed by atoms with Crippen molar-refractivity contribution in [2.45, 2.75) is 51.7 Å². The second-order valence-corrected chi connectivity index (χ2v) is 6.19. The number of nitrogens with zero attached hydrogens (tertiary/aromatic N) is 1. The van der Waals surface area contributed by atoms with Gasteiger partial charge in [0.05, 0.1) is 19.3 Å². The smallest absolute Gasteiger partial charge is 0.156 e. The number of ether oxygens (including phenoxy) is 1. The van der Waals surface area contributed by atoms with Gasteiger partial charge >= 0.3 is 0 Å². The Labute approximate surface area is 109 Å². The Bertz CT molecular complexity index is 264. The summed E-state index contributed by atoms with van der Waals surface area (Å²) in [6.45, 7) is 6.09. The van der Waals surface area contributed by atoms with Crippen LogP contribution in [0.2, 0.25) is 0 Å². The lowest BCUT2D eigenvalue weighted by Gasteiger charge is -2.28. The summed E-state index contributed by atoms with van der Waals surface area (Å²) in [5.41, 5.74) is 0. The van der Waals surface area contributed by atoms with Crippen molar-refractivity contribution in [3.05, 3.63) is 0 Å². The highest BCUT2D eigenvalue weighted by molar-refractivity contribution is 8.13. The second-order valence-electron chi connectivity index (χ2n) is 5.19. The molecule has 2 atom stereocenters. The van der Waals surface area contributed by atoms with E-state index in [4.69, 9.17) is 4.74 Å². The van der Waals surface area contributed by atoms with E-state index in [1.54, 1.807) is 0 Å². The largest absolute Gasteiger partial charge is 0.376 e. The third-order valence-corrected chi connectivity index (χ3v) is 4.90. The lowest BCUT2D eigenvalue weighted by Crippen LogP contribution is -2.41. The predicted octanol–water partition coefficient (Wildman–Crippen LogP) is 2.66. The van der Waals surface area contributed by atoms with Gasteiger partial charge in [0.1, 0.15) is 0 Å². The molecule has 98 valence electrons. The van der Waals surface area contributed by atoms with Gasteiger partial charge in [-0.25, -0.2) is 0 Å². The normalized spacial score (nSPS) is 32.9. The Morgan fingerprint density at radius 1 is 1.35 bits per heavy atom. The fraction of sp³-hybridized carbons (Fsp3) is 0.923. The van der Waals surface area contributed by atoms with Gasteiger partial charge in [0.25, 0.3) is 0 Å². The molecule has 0 amide bonds. The standard InChI is InChI=1S/C13H24N2OS/c1-10-9-17-13(15-11(10)2)14-7-8-16-12-5-3-4-6-12/h10-12H,3-9H2,1-2H3,(H,14,15). The zero-order valence-corrected chi connectivity index (χ0v) is 11.8. The molecule has 1 heterocycles. The minimum Gasteiger partial charge on any atom is -0.376 e. The molecule has 0 spiro atoms. The van der Waals surface area contributed by atoms with E-state index in [0.29, 0.717) is 12.1 Å². The van der Waals surface area contributed by atoms with Crippen LogP contribution in [-0.2, 0) is 4.74 Å². The maximum Gasteiger partial charge on any atom is 0.156 e. The summed E-state index contributed by atoms with van der Waals surface area (Å²) >= 11 is 1.84. The van der Waals surface area contributed by atoms with E-state index in [9.17, 15) is 0 Å². The Balaban J connectivity index is 1.63. The van der Waals surface area contributed by atoms with Gasteiger partial charge < -0.3 is 10.1 Å². The van der Waals surface area contributed by atoms with Crippen molar-refractivity contribution in [3.8, 4) is 0 Å². The number of hydrogen-bond donors (Lipinski definition) is 1. The van der Waals surface area contributed by atoms with E-state index in [-0.39, 0.29) is 0 Å². The van der Waals surface area contributed by atoms with Crippen molar-refractivity contribution in [2.24, 2.45) is 10.9 Å². The molecule has 1 N–H and O–H groups in total. The first-order chi connectivity index (χ1) is 8.25. The van der Waals surface area contributed by atoms with Crippen molar-refractivity contribution in [1.29, 1.82) is 0 Å². The highest BCUT2D eigenvalue weighted by Crippen LogP contribution is 2.21. The molecule has 2 rings (SSSR count). The van der Waals surface area contributed by atoms with Gasteiger partial charge in [0.2, 0.25) is 0 Å². The number of aliphatic imine (C=N–C) groups is 1. The number of nitrogens with one attached hydrogen (secondary N) is 1. The molecule has 3 nitrogen and oxygen atoms in total. The molecule has 17 heavy (non-hydrogen) atoms. The molecule has 0 aromatic heterocycles. The van der Waals surface area contributed by atoms with Gasteiger partial charge in [-0.05, 0) is 25.7 Å². The number of hydrogen-bond acceptors (Lipinski definition) is 3. The van der Waals surface area contributed by atoms with E-state index in [1.165, 1.54) is 31.4 Å². The van der Waals surface area contributed by atoms with E-state index in [2.05, 4.69) is 24.2 Å². The summed E-state index contributed by atoms with van der Waals surface area (Å²) in [4.78, 5) is 4.57. The Morgan fingerprint density at radius 3 is 2.82 bits per heavy atom. The molecule has 1 aliphatic carbocycles. The number of amidine groups is 1. The van der Waals surface area contributed by atoms with Crippen molar-refractivity contribution < 1.29 is 4.74 Å². The summed E-state index contributed by atoms with van der Waals surface area (Å²) in [5, 5.41) is 4.55. The molecule has 1 saturated carbocycles. The van der Waals surface area contributed by atoms with Gasteiger partial charge in [-0.15, -0.1) is 0 Å². The molecule has 2 fully saturated rings. The molecule has 4 heteroatoms. The van der Waals surface area contributed by atoms with Crippen molar-refractivity contribution in [1.82, 2.24) is 5.32 Å². The molecule has 2 unspecified atom stereocenters. The van der Waals surface area contributed by atoms with E-state index >= 15 is 0 Å². The lowest BCUT2D eigenvalue weighted by atomic mass is 10.1. The first kappa shape index (κ1) is 13.2. The van der Waals surface area contributed by atoms with Crippen molar-refractivity contribution in [3.63, 3.8) is 0 Å². The predicted molar refractivity (Wildman–Crippen MR) is 74.7 cm³/mol. The van der Waals surface area contributed by atoms with Crippen LogP contribution in [0.1, 0.15) is 39.5 Å². The second kappa shape index (κ2) is 6.64. The monoisotopic (exact) mass is 256 g/mol. The van der Waals surface area contributed by atoms with E-state index < -0.39 is 0 Å². The third kappa shape index (κ3) is 4.18. The minimum absolute atomic E-state index is 0.515. The van der Waals surface area contributed by atoms with Crippen LogP contribution in [0.4, 0.5) is 0 Å². The Kier molecular flexibility index (Phi) is 5.16. The van der Waals surface area contributed by atoms with Gasteiger partial charge in [0.15, 0.2) is 5.17 Å². The van der Waals surface area contributed by atoms with E-state index in [1.807, 2.05) is 11.8 Å². The number of thioether (sulfide) groups is 1. The van der Waals surface area contributed by atoms with E-state index in [0.717, 1.165) is 24.2 Å². The molecule has 0 aromatic carbocycles. The molecule has 0 bridgehead atoms. The fourth-order valence-corrected chi connectivity index (χ4v) is 3.41. The molecular formula is C13H24N2OS. The topological polar surface area (TPSA) is 33.6 Å². The molecular weight excluding hydrogens is 232 g/mol. The van der Waals surface area contributed by atoms with Crippen LogP contribution in [0.15, 0.2) is 4.99 Å². The molecule has 1 saturated heterocycles. The zero-order valence-electron chi connectivity index (χ0n) is 10.9. The van der Waals surface area contributed by atoms with Crippen molar-refractivity contribution in [2.75, 3.05) is 18.9 Å². The summed E-state index contributed by atoms with van der Waals surface area (Å²) in [7, 11) is 0. The van der Waals surface area contributed by atoms with Gasteiger partial charge in [-0.2, -0.15) is 0 Å². The van der Waals surface area contributed by atoms with Crippen LogP contribution in [0.5, 0.6) is 0 Å². The summed E-state index contributed by atoms with van der Waals surface area (Å²) in [6.07, 6.45) is 5.69. The highest BCUT2D eigenvalue weighted by Gasteiger charge is 2.20. The summed E-state index contributed by atoms with van der Waals surface area (Å²) in [6, 6.07) is 0.547. The Hall–Kier alpha value is -0.220. The average Bonchev–Trinajstić information content (AvgIpc) is 2.82. The first-order valence-corrected chi connectivity index (χ1v) is 7.79. The third-order valence-electron chi connectivity index (χ3n) is 3.69. The number of rotatable bonds is 4. The Morgan fingerprint density at radius 2 is 2.12 bits per heavy atom. The molecule has 0 radical (unpaired) electrons.